The average Bonchev–Trinajstić information content (AvgIpc) is 2.22. The molecule has 19 heavy (non-hydrogen) atoms. The van der Waals surface area contributed by atoms with Gasteiger partial charge in [-0.15, -0.1) is 0 Å². The minimum absolute atomic E-state index is 0.0127. The van der Waals surface area contributed by atoms with Crippen molar-refractivity contribution in [1.29, 1.82) is 0 Å². The molecule has 8 heteroatoms. The Morgan fingerprint density at radius 1 is 1.21 bits per heavy atom. The molecule has 0 aromatic heterocycles. The highest BCUT2D eigenvalue weighted by Gasteiger charge is 2.11. The van der Waals surface area contributed by atoms with E-state index >= 15 is 0 Å². The number of amides is 3. The molecular formula is C11H20N2O5S. The first-order valence-electron chi connectivity index (χ1n) is 5.93. The highest BCUT2D eigenvalue weighted by molar-refractivity contribution is 7.84. The number of hydrogen-bond acceptors (Lipinski definition) is 4. The molecule has 0 spiro atoms. The molecule has 0 aliphatic carbocycles. The van der Waals surface area contributed by atoms with Gasteiger partial charge in [0.15, 0.2) is 0 Å². The van der Waals surface area contributed by atoms with Crippen molar-refractivity contribution >= 4 is 28.7 Å². The van der Waals surface area contributed by atoms with Crippen molar-refractivity contribution in [3.63, 3.8) is 0 Å². The van der Waals surface area contributed by atoms with Crippen LogP contribution in [-0.2, 0) is 20.4 Å². The molecule has 2 unspecified atom stereocenters. The van der Waals surface area contributed by atoms with E-state index in [1.54, 1.807) is 6.92 Å². The van der Waals surface area contributed by atoms with E-state index in [0.29, 0.717) is 18.6 Å². The first-order chi connectivity index (χ1) is 8.81. The zero-order valence-electron chi connectivity index (χ0n) is 11.1. The van der Waals surface area contributed by atoms with Crippen LogP contribution in [0.15, 0.2) is 0 Å². The first kappa shape index (κ1) is 17.6. The van der Waals surface area contributed by atoms with Crippen LogP contribution >= 0.6 is 0 Å². The molecule has 0 heterocycles. The summed E-state index contributed by atoms with van der Waals surface area (Å²) in [5.74, 6) is -1.03. The molecule has 0 aliphatic heterocycles. The number of hydrogen-bond donors (Lipinski definition) is 3. The third-order valence-corrected chi connectivity index (χ3v) is 3.13. The lowest BCUT2D eigenvalue weighted by atomic mass is 10.2. The fraction of sp³-hybridized carbons (Fsp3) is 0.727. The standard InChI is InChI=1S/C11H20N2O5S/c1-8(7-19(2)18)12-11(17)13-9(14)5-3-4-6-10(15)16/h8H,3-7H2,1-2H3,(H,15,16)(H2,12,13,14,17). The van der Waals surface area contributed by atoms with E-state index < -0.39 is 28.7 Å². The fourth-order valence-corrected chi connectivity index (χ4v) is 2.19. The minimum Gasteiger partial charge on any atom is -0.481 e. The highest BCUT2D eigenvalue weighted by atomic mass is 32.2. The number of aliphatic carboxylic acids is 1. The lowest BCUT2D eigenvalue weighted by Gasteiger charge is -2.12. The van der Waals surface area contributed by atoms with E-state index in [-0.39, 0.29) is 18.9 Å². The Labute approximate surface area is 114 Å². The maximum atomic E-state index is 11.4. The molecule has 3 amide bonds. The van der Waals surface area contributed by atoms with Gasteiger partial charge in [-0.05, 0) is 19.8 Å². The summed E-state index contributed by atoms with van der Waals surface area (Å²) in [5.41, 5.74) is 0. The summed E-state index contributed by atoms with van der Waals surface area (Å²) in [6.07, 6.45) is 2.47. The number of carbonyl (C=O) groups is 3. The normalized spacial score (nSPS) is 13.4. The van der Waals surface area contributed by atoms with Crippen LogP contribution < -0.4 is 10.6 Å². The van der Waals surface area contributed by atoms with Crippen LogP contribution in [0, 0.1) is 0 Å². The van der Waals surface area contributed by atoms with E-state index in [1.165, 1.54) is 6.26 Å². The van der Waals surface area contributed by atoms with Gasteiger partial charge in [-0.2, -0.15) is 0 Å². The van der Waals surface area contributed by atoms with Crippen molar-refractivity contribution in [3.05, 3.63) is 0 Å². The predicted molar refractivity (Wildman–Crippen MR) is 71.2 cm³/mol. The van der Waals surface area contributed by atoms with Crippen LogP contribution in [0.2, 0.25) is 0 Å². The number of carbonyl (C=O) groups excluding carboxylic acids is 2. The SMILES string of the molecule is CC(CS(C)=O)NC(=O)NC(=O)CCCCC(=O)O. The number of urea groups is 1. The van der Waals surface area contributed by atoms with Gasteiger partial charge < -0.3 is 10.4 Å². The van der Waals surface area contributed by atoms with Gasteiger partial charge >= 0.3 is 12.0 Å². The van der Waals surface area contributed by atoms with Crippen LogP contribution in [0.25, 0.3) is 0 Å². The second kappa shape index (κ2) is 9.48. The van der Waals surface area contributed by atoms with E-state index in [2.05, 4.69) is 10.6 Å². The minimum atomic E-state index is -1.02. The quantitative estimate of drug-likeness (QED) is 0.554. The lowest BCUT2D eigenvalue weighted by molar-refractivity contribution is -0.137. The lowest BCUT2D eigenvalue weighted by Crippen LogP contribution is -2.45. The molecule has 0 saturated carbocycles. The molecule has 0 radical (unpaired) electrons. The molecule has 0 saturated heterocycles. The second-order valence-electron chi connectivity index (χ2n) is 4.26. The van der Waals surface area contributed by atoms with Crippen molar-refractivity contribution < 1.29 is 23.7 Å². The molecular weight excluding hydrogens is 272 g/mol. The zero-order valence-corrected chi connectivity index (χ0v) is 11.9. The Bertz CT molecular complexity index is 359. The Hall–Kier alpha value is -1.44. The molecule has 3 N–H and O–H groups in total. The van der Waals surface area contributed by atoms with Crippen molar-refractivity contribution in [1.82, 2.24) is 10.6 Å². The van der Waals surface area contributed by atoms with Crippen LogP contribution in [0.3, 0.4) is 0 Å². The van der Waals surface area contributed by atoms with Crippen molar-refractivity contribution in [3.8, 4) is 0 Å². The summed E-state index contributed by atoms with van der Waals surface area (Å²) < 4.78 is 10.9. The van der Waals surface area contributed by atoms with Crippen LogP contribution in [0.4, 0.5) is 4.79 Å². The van der Waals surface area contributed by atoms with Gasteiger partial charge in [0.2, 0.25) is 5.91 Å². The Morgan fingerprint density at radius 2 is 1.79 bits per heavy atom. The van der Waals surface area contributed by atoms with Crippen molar-refractivity contribution in [2.75, 3.05) is 12.0 Å². The van der Waals surface area contributed by atoms with Gasteiger partial charge in [0.1, 0.15) is 0 Å². The van der Waals surface area contributed by atoms with E-state index in [0.717, 1.165) is 0 Å². The molecule has 0 aromatic rings. The molecule has 0 rings (SSSR count). The van der Waals surface area contributed by atoms with E-state index in [9.17, 15) is 18.6 Å². The number of imide groups is 1. The van der Waals surface area contributed by atoms with E-state index in [4.69, 9.17) is 5.11 Å². The summed E-state index contributed by atoms with van der Waals surface area (Å²) in [6.45, 7) is 1.69. The third-order valence-electron chi connectivity index (χ3n) is 2.16. The number of unbranched alkanes of at least 4 members (excludes halogenated alkanes) is 1. The maximum Gasteiger partial charge on any atom is 0.321 e. The summed E-state index contributed by atoms with van der Waals surface area (Å²) in [6, 6.07) is -0.910. The van der Waals surface area contributed by atoms with Crippen molar-refractivity contribution in [2.24, 2.45) is 0 Å². The second-order valence-corrected chi connectivity index (χ2v) is 5.74. The smallest absolute Gasteiger partial charge is 0.321 e. The number of carboxylic acids is 1. The summed E-state index contributed by atoms with van der Waals surface area (Å²) in [5, 5.41) is 13.0. The van der Waals surface area contributed by atoms with Gasteiger partial charge in [-0.25, -0.2) is 4.79 Å². The fourth-order valence-electron chi connectivity index (χ4n) is 1.40. The van der Waals surface area contributed by atoms with Crippen LogP contribution in [0.5, 0.6) is 0 Å². The Kier molecular flexibility index (Phi) is 8.77. The van der Waals surface area contributed by atoms with Crippen LogP contribution in [0.1, 0.15) is 32.6 Å². The summed E-state index contributed by atoms with van der Waals surface area (Å²) in [4.78, 5) is 32.9. The Balaban J connectivity index is 3.77. The van der Waals surface area contributed by atoms with Gasteiger partial charge in [0.05, 0.1) is 0 Å². The largest absolute Gasteiger partial charge is 0.481 e. The molecule has 0 bridgehead atoms. The molecule has 0 aromatic carbocycles. The number of nitrogens with one attached hydrogen (secondary N) is 2. The van der Waals surface area contributed by atoms with Crippen molar-refractivity contribution in [2.45, 2.75) is 38.6 Å². The Morgan fingerprint density at radius 3 is 2.32 bits per heavy atom. The molecule has 2 atom stereocenters. The van der Waals surface area contributed by atoms with Gasteiger partial charge in [-0.1, -0.05) is 0 Å². The van der Waals surface area contributed by atoms with Gasteiger partial charge in [0, 0.05) is 41.7 Å². The maximum absolute atomic E-state index is 11.4. The van der Waals surface area contributed by atoms with Gasteiger partial charge in [-0.3, -0.25) is 19.1 Å². The molecule has 7 nitrogen and oxygen atoms in total. The van der Waals surface area contributed by atoms with Gasteiger partial charge in [0.25, 0.3) is 0 Å². The molecule has 110 valence electrons. The zero-order chi connectivity index (χ0) is 14.8. The predicted octanol–water partition coefficient (Wildman–Crippen LogP) is 0.224. The third kappa shape index (κ3) is 11.4. The first-order valence-corrected chi connectivity index (χ1v) is 7.66. The monoisotopic (exact) mass is 292 g/mol. The molecule has 0 aliphatic rings. The average molecular weight is 292 g/mol. The number of rotatable bonds is 8. The van der Waals surface area contributed by atoms with Crippen LogP contribution in [-0.4, -0.2) is 45.3 Å². The summed E-state index contributed by atoms with van der Waals surface area (Å²) >= 11 is 0. The van der Waals surface area contributed by atoms with E-state index in [1.807, 2.05) is 0 Å². The number of carboxylic acid groups (broad SMARTS) is 1. The topological polar surface area (TPSA) is 113 Å². The highest BCUT2D eigenvalue weighted by Crippen LogP contribution is 1.99. The summed E-state index contributed by atoms with van der Waals surface area (Å²) in [7, 11) is -1.02. The molecule has 0 fully saturated rings.